The third-order valence-corrected chi connectivity index (χ3v) is 7.61. The van der Waals surface area contributed by atoms with Gasteiger partial charge in [-0.25, -0.2) is 0 Å². The Morgan fingerprint density at radius 1 is 1.23 bits per heavy atom. The topological polar surface area (TPSA) is 87.6 Å². The lowest BCUT2D eigenvalue weighted by atomic mass is 9.73. The van der Waals surface area contributed by atoms with E-state index in [1.54, 1.807) is 0 Å². The first kappa shape index (κ1) is 24.0. The molecule has 3 aliphatic rings. The summed E-state index contributed by atoms with van der Waals surface area (Å²) in [5.41, 5.74) is 1.81. The van der Waals surface area contributed by atoms with Gasteiger partial charge in [0.15, 0.2) is 5.69 Å². The molecule has 2 N–H and O–H groups in total. The Labute approximate surface area is 201 Å². The number of morpholine rings is 1. The lowest BCUT2D eigenvalue weighted by molar-refractivity contribution is -0.141. The van der Waals surface area contributed by atoms with Crippen molar-refractivity contribution in [2.75, 3.05) is 24.7 Å². The summed E-state index contributed by atoms with van der Waals surface area (Å²) in [6.45, 7) is 4.24. The number of carbonyl (C=O) groups is 1. The molecule has 35 heavy (non-hydrogen) atoms. The van der Waals surface area contributed by atoms with Gasteiger partial charge in [-0.1, -0.05) is 19.1 Å². The Morgan fingerprint density at radius 3 is 2.86 bits per heavy atom. The maximum atomic E-state index is 13.0. The fourth-order valence-electron chi connectivity index (χ4n) is 5.69. The van der Waals surface area contributed by atoms with Crippen molar-refractivity contribution in [2.45, 2.75) is 62.9 Å². The zero-order valence-corrected chi connectivity index (χ0v) is 19.5. The number of aliphatic hydroxyl groups excluding tert-OH is 1. The van der Waals surface area contributed by atoms with Gasteiger partial charge in [-0.05, 0) is 48.8 Å². The minimum Gasteiger partial charge on any atom is -0.388 e. The summed E-state index contributed by atoms with van der Waals surface area (Å²) in [7, 11) is 0. The predicted molar refractivity (Wildman–Crippen MR) is 122 cm³/mol. The van der Waals surface area contributed by atoms with E-state index in [1.165, 1.54) is 0 Å². The van der Waals surface area contributed by atoms with Crippen molar-refractivity contribution in [1.82, 2.24) is 15.5 Å². The number of fused-ring (bicyclic) bond motifs is 3. The molecule has 1 saturated heterocycles. The van der Waals surface area contributed by atoms with Crippen LogP contribution in [0.2, 0.25) is 0 Å². The minimum absolute atomic E-state index is 0.149. The Hall–Kier alpha value is -2.72. The number of aromatic nitrogens is 2. The highest BCUT2D eigenvalue weighted by atomic mass is 19.4. The zero-order valence-electron chi connectivity index (χ0n) is 19.5. The number of alkyl halides is 3. The van der Waals surface area contributed by atoms with Crippen molar-refractivity contribution >= 4 is 11.6 Å². The summed E-state index contributed by atoms with van der Waals surface area (Å²) >= 11 is 0. The summed E-state index contributed by atoms with van der Waals surface area (Å²) in [6, 6.07) is 6.98. The normalized spacial score (nSPS) is 28.7. The van der Waals surface area contributed by atoms with E-state index in [2.05, 4.69) is 39.5 Å². The smallest absolute Gasteiger partial charge is 0.388 e. The number of rotatable bonds is 3. The van der Waals surface area contributed by atoms with E-state index in [9.17, 15) is 23.1 Å². The maximum absolute atomic E-state index is 13.0. The monoisotopic (exact) mass is 490 g/mol. The van der Waals surface area contributed by atoms with Crippen molar-refractivity contribution in [2.24, 2.45) is 5.92 Å². The zero-order chi connectivity index (χ0) is 24.7. The molecule has 1 aliphatic carbocycles. The molecule has 0 bridgehead atoms. The molecule has 0 spiro atoms. The minimum atomic E-state index is -4.66. The molecule has 5 atom stereocenters. The van der Waals surface area contributed by atoms with E-state index in [1.807, 2.05) is 6.07 Å². The van der Waals surface area contributed by atoms with Gasteiger partial charge < -0.3 is 20.1 Å². The number of hydrogen-bond acceptors (Lipinski definition) is 6. The molecule has 2 aliphatic heterocycles. The molecule has 7 nitrogen and oxygen atoms in total. The molecule has 1 saturated carbocycles. The Balaban J connectivity index is 1.33. The van der Waals surface area contributed by atoms with Gasteiger partial charge in [-0.2, -0.15) is 18.3 Å². The number of anilines is 1. The quantitative estimate of drug-likeness (QED) is 0.680. The second-order valence-electron chi connectivity index (χ2n) is 9.89. The van der Waals surface area contributed by atoms with Crippen LogP contribution in [0, 0.1) is 5.92 Å². The van der Waals surface area contributed by atoms with Gasteiger partial charge in [0.1, 0.15) is 0 Å². The number of benzene rings is 1. The highest BCUT2D eigenvalue weighted by Crippen LogP contribution is 2.43. The fourth-order valence-corrected chi connectivity index (χ4v) is 5.69. The molecule has 188 valence electrons. The average Bonchev–Trinajstić information content (AvgIpc) is 2.84. The van der Waals surface area contributed by atoms with Crippen molar-refractivity contribution in [3.05, 3.63) is 52.8 Å². The van der Waals surface area contributed by atoms with Crippen LogP contribution in [0.25, 0.3) is 0 Å². The number of nitrogens with one attached hydrogen (secondary N) is 1. The Bertz CT molecular complexity index is 1100. The van der Waals surface area contributed by atoms with Crippen LogP contribution in [-0.2, 0) is 10.9 Å². The third-order valence-electron chi connectivity index (χ3n) is 7.61. The molecule has 2 fully saturated rings. The summed E-state index contributed by atoms with van der Waals surface area (Å²) in [5, 5.41) is 20.0. The molecule has 1 aromatic carbocycles. The molecule has 5 rings (SSSR count). The van der Waals surface area contributed by atoms with E-state index in [0.717, 1.165) is 48.5 Å². The molecule has 1 amide bonds. The van der Waals surface area contributed by atoms with Crippen LogP contribution in [0.5, 0.6) is 0 Å². The number of carbonyl (C=O) groups excluding carboxylic acids is 1. The number of nitrogens with zero attached hydrogens (tertiary/aromatic N) is 3. The van der Waals surface area contributed by atoms with Gasteiger partial charge in [0.25, 0.3) is 5.91 Å². The van der Waals surface area contributed by atoms with Crippen LogP contribution in [0.4, 0.5) is 18.9 Å². The largest absolute Gasteiger partial charge is 0.435 e. The van der Waals surface area contributed by atoms with Crippen LogP contribution in [0.3, 0.4) is 0 Å². The molecule has 3 heterocycles. The van der Waals surface area contributed by atoms with Gasteiger partial charge in [0, 0.05) is 30.3 Å². The molecule has 0 radical (unpaired) electrons. The van der Waals surface area contributed by atoms with Crippen LogP contribution in [0.15, 0.2) is 30.5 Å². The van der Waals surface area contributed by atoms with Crippen molar-refractivity contribution in [3.8, 4) is 0 Å². The van der Waals surface area contributed by atoms with E-state index < -0.39 is 23.9 Å². The third kappa shape index (κ3) is 4.86. The first-order valence-electron chi connectivity index (χ1n) is 12.1. The van der Waals surface area contributed by atoms with Crippen molar-refractivity contribution in [1.29, 1.82) is 0 Å². The van der Waals surface area contributed by atoms with Crippen molar-refractivity contribution in [3.63, 3.8) is 0 Å². The standard InChI is InChI=1S/C25H29F3N4O3/c1-14-2-4-17(30-24(34)16-9-23(25(26,27)28)31-29-12-16)10-20(14)15-3-5-19-21(8-15)32-6-7-35-13-18(32)11-22(19)33/h3,5,8-9,12,14,17-18,20,22,33H,2,4,6-7,10-11,13H2,1H3,(H,30,34). The van der Waals surface area contributed by atoms with Gasteiger partial charge >= 0.3 is 6.18 Å². The first-order valence-corrected chi connectivity index (χ1v) is 12.1. The van der Waals surface area contributed by atoms with E-state index in [0.29, 0.717) is 32.0 Å². The van der Waals surface area contributed by atoms with E-state index >= 15 is 0 Å². The van der Waals surface area contributed by atoms with Gasteiger partial charge in [-0.3, -0.25) is 4.79 Å². The SMILES string of the molecule is CC1CCC(NC(=O)c2cnnc(C(F)(F)F)c2)CC1c1ccc2c(c1)N1CCOCC1CC2O. The summed E-state index contributed by atoms with van der Waals surface area (Å²) in [5.74, 6) is -0.0118. The van der Waals surface area contributed by atoms with Crippen molar-refractivity contribution < 1.29 is 27.8 Å². The molecule has 10 heteroatoms. The predicted octanol–water partition coefficient (Wildman–Crippen LogP) is 3.84. The second kappa shape index (κ2) is 9.39. The molecular weight excluding hydrogens is 461 g/mol. The average molecular weight is 491 g/mol. The van der Waals surface area contributed by atoms with Crippen LogP contribution < -0.4 is 10.2 Å². The van der Waals surface area contributed by atoms with Gasteiger partial charge in [-0.15, -0.1) is 5.10 Å². The van der Waals surface area contributed by atoms with Gasteiger partial charge in [0.2, 0.25) is 0 Å². The molecular formula is C25H29F3N4O3. The lowest BCUT2D eigenvalue weighted by Crippen LogP contribution is -2.49. The Kier molecular flexibility index (Phi) is 6.43. The molecule has 2 aromatic rings. The number of halogens is 3. The maximum Gasteiger partial charge on any atom is 0.435 e. The molecule has 5 unspecified atom stereocenters. The second-order valence-corrected chi connectivity index (χ2v) is 9.89. The number of ether oxygens (including phenoxy) is 1. The summed E-state index contributed by atoms with van der Waals surface area (Å²) in [6.07, 6.45) is -1.14. The van der Waals surface area contributed by atoms with E-state index in [-0.39, 0.29) is 23.6 Å². The number of hydrogen-bond donors (Lipinski definition) is 2. The molecule has 1 aromatic heterocycles. The van der Waals surface area contributed by atoms with Gasteiger partial charge in [0.05, 0.1) is 37.1 Å². The summed E-state index contributed by atoms with van der Waals surface area (Å²) in [4.78, 5) is 15.0. The highest BCUT2D eigenvalue weighted by Gasteiger charge is 2.37. The Morgan fingerprint density at radius 2 is 2.06 bits per heavy atom. The first-order chi connectivity index (χ1) is 16.7. The van der Waals surface area contributed by atoms with E-state index in [4.69, 9.17) is 4.74 Å². The van der Waals surface area contributed by atoms with Crippen LogP contribution in [-0.4, -0.2) is 53.1 Å². The van der Waals surface area contributed by atoms with Crippen LogP contribution >= 0.6 is 0 Å². The highest BCUT2D eigenvalue weighted by molar-refractivity contribution is 5.94. The van der Waals surface area contributed by atoms with Crippen LogP contribution in [0.1, 0.15) is 71.8 Å². The number of amides is 1. The number of aliphatic hydroxyl groups is 1. The lowest BCUT2D eigenvalue weighted by Gasteiger charge is -2.44. The summed E-state index contributed by atoms with van der Waals surface area (Å²) < 4.78 is 44.5. The fraction of sp³-hybridized carbons (Fsp3) is 0.560.